The molecule has 0 atom stereocenters. The number of hydrogen-bond donors (Lipinski definition) is 1. The Hall–Kier alpha value is -1.20. The second kappa shape index (κ2) is 6.50. The molecule has 0 unspecified atom stereocenters. The number of piperidine rings is 1. The van der Waals surface area contributed by atoms with Crippen molar-refractivity contribution in [3.8, 4) is 0 Å². The first kappa shape index (κ1) is 15.2. The van der Waals surface area contributed by atoms with Crippen LogP contribution in [0.2, 0.25) is 0 Å². The molecule has 2 rings (SSSR count). The molecule has 0 aromatic heterocycles. The van der Waals surface area contributed by atoms with Gasteiger partial charge in [-0.2, -0.15) is 0 Å². The molecule has 0 saturated carbocycles. The first-order valence-corrected chi connectivity index (χ1v) is 7.56. The van der Waals surface area contributed by atoms with Gasteiger partial charge in [-0.15, -0.1) is 0 Å². The fourth-order valence-corrected chi connectivity index (χ4v) is 2.73. The Morgan fingerprint density at radius 2 is 1.95 bits per heavy atom. The molecule has 1 aliphatic heterocycles. The molecular formula is C15H20BrN3O. The third-order valence-corrected chi connectivity index (χ3v) is 4.31. The van der Waals surface area contributed by atoms with E-state index in [0.29, 0.717) is 0 Å². The van der Waals surface area contributed by atoms with Crippen molar-refractivity contribution in [2.24, 2.45) is 4.99 Å². The van der Waals surface area contributed by atoms with Crippen molar-refractivity contribution in [3.05, 3.63) is 34.3 Å². The average Bonchev–Trinajstić information content (AvgIpc) is 2.43. The van der Waals surface area contributed by atoms with Gasteiger partial charge in [0.2, 0.25) is 6.41 Å². The first-order chi connectivity index (χ1) is 9.54. The summed E-state index contributed by atoms with van der Waals surface area (Å²) in [7, 11) is 2.09. The molecule has 1 aromatic rings. The highest BCUT2D eigenvalue weighted by molar-refractivity contribution is 9.10. The van der Waals surface area contributed by atoms with Gasteiger partial charge in [-0.05, 0) is 31.7 Å². The van der Waals surface area contributed by atoms with Crippen LogP contribution in [0.15, 0.2) is 33.7 Å². The second-order valence-electron chi connectivity index (χ2n) is 5.30. The van der Waals surface area contributed by atoms with E-state index in [4.69, 9.17) is 4.99 Å². The summed E-state index contributed by atoms with van der Waals surface area (Å²) in [5.41, 5.74) is 1.58. The van der Waals surface area contributed by atoms with Crippen molar-refractivity contribution in [1.29, 1.82) is 0 Å². The molecule has 20 heavy (non-hydrogen) atoms. The normalized spacial score (nSPS) is 19.6. The molecule has 1 saturated heterocycles. The fraction of sp³-hybridized carbons (Fsp3) is 0.467. The molecule has 0 radical (unpaired) electrons. The molecule has 0 aliphatic carbocycles. The highest BCUT2D eigenvalue weighted by atomic mass is 79.9. The molecular weight excluding hydrogens is 318 g/mol. The summed E-state index contributed by atoms with van der Waals surface area (Å²) in [5, 5.41) is 2.93. The Bertz CT molecular complexity index is 490. The number of halogens is 1. The Morgan fingerprint density at radius 1 is 1.35 bits per heavy atom. The first-order valence-electron chi connectivity index (χ1n) is 6.77. The van der Waals surface area contributed by atoms with E-state index in [2.05, 4.69) is 33.2 Å². The van der Waals surface area contributed by atoms with Gasteiger partial charge in [0.05, 0.1) is 0 Å². The Labute approximate surface area is 128 Å². The molecule has 0 spiro atoms. The summed E-state index contributed by atoms with van der Waals surface area (Å²) in [6.07, 6.45) is 2.45. The second-order valence-corrected chi connectivity index (χ2v) is 6.22. The lowest BCUT2D eigenvalue weighted by molar-refractivity contribution is -0.111. The summed E-state index contributed by atoms with van der Waals surface area (Å²) in [5.74, 6) is 0. The van der Waals surface area contributed by atoms with Crippen molar-refractivity contribution in [3.63, 3.8) is 0 Å². The molecule has 1 aromatic carbocycles. The maximum absolute atomic E-state index is 10.9. The minimum atomic E-state index is -0.453. The van der Waals surface area contributed by atoms with Crippen molar-refractivity contribution < 1.29 is 4.79 Å². The lowest BCUT2D eigenvalue weighted by atomic mass is 9.97. The number of nitrogens with zero attached hydrogens (tertiary/aromatic N) is 2. The molecule has 108 valence electrons. The topological polar surface area (TPSA) is 44.7 Å². The monoisotopic (exact) mass is 337 g/mol. The number of aliphatic imine (C=N–C) groups is 1. The van der Waals surface area contributed by atoms with Gasteiger partial charge in [-0.3, -0.25) is 9.79 Å². The van der Waals surface area contributed by atoms with Gasteiger partial charge in [0.15, 0.2) is 0 Å². The van der Waals surface area contributed by atoms with Crippen molar-refractivity contribution in [2.75, 3.05) is 20.1 Å². The van der Waals surface area contributed by atoms with E-state index < -0.39 is 5.66 Å². The number of carbonyl (C=O) groups is 1. The van der Waals surface area contributed by atoms with Gasteiger partial charge in [0, 0.05) is 36.1 Å². The summed E-state index contributed by atoms with van der Waals surface area (Å²) in [4.78, 5) is 18.0. The predicted molar refractivity (Wildman–Crippen MR) is 85.0 cm³/mol. The zero-order valence-corrected chi connectivity index (χ0v) is 13.5. The highest BCUT2D eigenvalue weighted by Crippen LogP contribution is 2.24. The zero-order valence-electron chi connectivity index (χ0n) is 11.9. The van der Waals surface area contributed by atoms with Crippen LogP contribution in [-0.4, -0.2) is 42.8 Å². The number of rotatable bonds is 4. The van der Waals surface area contributed by atoms with Gasteiger partial charge in [-0.25, -0.2) is 0 Å². The van der Waals surface area contributed by atoms with E-state index in [1.807, 2.05) is 31.2 Å². The Morgan fingerprint density at radius 3 is 2.50 bits per heavy atom. The van der Waals surface area contributed by atoms with Gasteiger partial charge in [0.1, 0.15) is 5.66 Å². The largest absolute Gasteiger partial charge is 0.334 e. The van der Waals surface area contributed by atoms with Crippen LogP contribution in [0.3, 0.4) is 0 Å². The molecule has 0 bridgehead atoms. The maximum atomic E-state index is 10.9. The van der Waals surface area contributed by atoms with Crippen LogP contribution in [0.25, 0.3) is 0 Å². The van der Waals surface area contributed by atoms with E-state index in [9.17, 15) is 4.79 Å². The van der Waals surface area contributed by atoms with Crippen LogP contribution in [0.4, 0.5) is 0 Å². The predicted octanol–water partition coefficient (Wildman–Crippen LogP) is 2.43. The van der Waals surface area contributed by atoms with E-state index in [1.54, 1.807) is 0 Å². The van der Waals surface area contributed by atoms with Crippen molar-refractivity contribution >= 4 is 28.1 Å². The minimum Gasteiger partial charge on any atom is -0.334 e. The Balaban J connectivity index is 2.23. The number of hydrogen-bond acceptors (Lipinski definition) is 3. The average molecular weight is 338 g/mol. The lowest BCUT2D eigenvalue weighted by Crippen LogP contribution is -2.51. The molecule has 1 heterocycles. The molecule has 4 nitrogen and oxygen atoms in total. The Kier molecular flexibility index (Phi) is 4.94. The van der Waals surface area contributed by atoms with Crippen molar-refractivity contribution in [1.82, 2.24) is 10.2 Å². The van der Waals surface area contributed by atoms with E-state index in [-0.39, 0.29) is 0 Å². The molecule has 1 aliphatic rings. The van der Waals surface area contributed by atoms with Gasteiger partial charge >= 0.3 is 0 Å². The SMILES string of the molecule is C/C(=N\C1(NC=O)CCN(C)CC1)c1ccc(Br)cc1. The third-order valence-electron chi connectivity index (χ3n) is 3.79. The van der Waals surface area contributed by atoms with Crippen LogP contribution in [0, 0.1) is 0 Å². The van der Waals surface area contributed by atoms with Gasteiger partial charge < -0.3 is 10.2 Å². The van der Waals surface area contributed by atoms with Crippen molar-refractivity contribution in [2.45, 2.75) is 25.4 Å². The van der Waals surface area contributed by atoms with E-state index in [0.717, 1.165) is 48.1 Å². The third kappa shape index (κ3) is 3.67. The number of likely N-dealkylation sites (tertiary alicyclic amines) is 1. The lowest BCUT2D eigenvalue weighted by Gasteiger charge is -2.37. The van der Waals surface area contributed by atoms with E-state index in [1.165, 1.54) is 0 Å². The summed E-state index contributed by atoms with van der Waals surface area (Å²) in [6.45, 7) is 3.88. The number of amides is 1. The maximum Gasteiger partial charge on any atom is 0.208 e. The molecule has 1 amide bonds. The summed E-state index contributed by atoms with van der Waals surface area (Å²) >= 11 is 3.43. The van der Waals surface area contributed by atoms with Gasteiger partial charge in [-0.1, -0.05) is 28.1 Å². The molecule has 1 N–H and O–H groups in total. The smallest absolute Gasteiger partial charge is 0.208 e. The van der Waals surface area contributed by atoms with Crippen LogP contribution >= 0.6 is 15.9 Å². The molecule has 1 fully saturated rings. The summed E-state index contributed by atoms with van der Waals surface area (Å²) in [6, 6.07) is 8.07. The standard InChI is InChI=1S/C15H20BrN3O/c1-12(13-3-5-14(16)6-4-13)18-15(17-11-20)7-9-19(2)10-8-15/h3-6,11H,7-10H2,1-2H3,(H,17,20)/b18-12+. The quantitative estimate of drug-likeness (QED) is 0.677. The van der Waals surface area contributed by atoms with Gasteiger partial charge in [0.25, 0.3) is 0 Å². The molecule has 5 heteroatoms. The van der Waals surface area contributed by atoms with Crippen LogP contribution in [0.1, 0.15) is 25.3 Å². The van der Waals surface area contributed by atoms with Crippen LogP contribution in [-0.2, 0) is 4.79 Å². The highest BCUT2D eigenvalue weighted by Gasteiger charge is 2.32. The van der Waals surface area contributed by atoms with E-state index >= 15 is 0 Å². The number of carbonyl (C=O) groups excluding carboxylic acids is 1. The number of benzene rings is 1. The number of nitrogens with one attached hydrogen (secondary N) is 1. The fourth-order valence-electron chi connectivity index (χ4n) is 2.46. The van der Waals surface area contributed by atoms with Crippen LogP contribution < -0.4 is 5.32 Å². The minimum absolute atomic E-state index is 0.453. The summed E-state index contributed by atoms with van der Waals surface area (Å²) < 4.78 is 1.05. The zero-order chi connectivity index (χ0) is 14.6. The van der Waals surface area contributed by atoms with Crippen LogP contribution in [0.5, 0.6) is 0 Å².